The first-order valence-corrected chi connectivity index (χ1v) is 7.51. The molecule has 2 aromatic rings. The Kier molecular flexibility index (Phi) is 5.40. The van der Waals surface area contributed by atoms with Gasteiger partial charge in [0.1, 0.15) is 5.38 Å². The second kappa shape index (κ2) is 7.28. The predicted molar refractivity (Wildman–Crippen MR) is 86.6 cm³/mol. The van der Waals surface area contributed by atoms with E-state index >= 15 is 0 Å². The van der Waals surface area contributed by atoms with Crippen molar-refractivity contribution in [2.75, 3.05) is 6.61 Å². The molecule has 0 aromatic heterocycles. The summed E-state index contributed by atoms with van der Waals surface area (Å²) in [7, 11) is 0. The second-order valence-corrected chi connectivity index (χ2v) is 5.46. The summed E-state index contributed by atoms with van der Waals surface area (Å²) in [6.45, 7) is 4.23. The predicted octanol–water partition coefficient (Wildman–Crippen LogP) is 4.38. The number of alkyl halides is 1. The summed E-state index contributed by atoms with van der Waals surface area (Å²) in [4.78, 5) is 11.5. The van der Waals surface area contributed by atoms with Gasteiger partial charge in [-0.1, -0.05) is 48.5 Å². The van der Waals surface area contributed by atoms with E-state index in [1.54, 1.807) is 6.92 Å². The lowest BCUT2D eigenvalue weighted by atomic mass is 9.98. The van der Waals surface area contributed by atoms with Crippen molar-refractivity contribution in [3.05, 3.63) is 59.7 Å². The van der Waals surface area contributed by atoms with Gasteiger partial charge in [0.15, 0.2) is 0 Å². The molecule has 0 aliphatic rings. The van der Waals surface area contributed by atoms with Crippen LogP contribution in [0.1, 0.15) is 18.1 Å². The average Bonchev–Trinajstić information content (AvgIpc) is 2.49. The van der Waals surface area contributed by atoms with E-state index in [1.807, 2.05) is 24.3 Å². The maximum absolute atomic E-state index is 11.5. The van der Waals surface area contributed by atoms with Gasteiger partial charge < -0.3 is 4.74 Å². The Morgan fingerprint density at radius 3 is 2.43 bits per heavy atom. The second-order valence-electron chi connectivity index (χ2n) is 4.94. The number of benzene rings is 2. The molecule has 0 N–H and O–H groups in total. The molecule has 0 aliphatic heterocycles. The molecule has 0 saturated carbocycles. The Morgan fingerprint density at radius 1 is 1.14 bits per heavy atom. The maximum Gasteiger partial charge on any atom is 0.324 e. The summed E-state index contributed by atoms with van der Waals surface area (Å²) in [5.74, 6) is -0.359. The number of aryl methyl sites for hydroxylation is 1. The van der Waals surface area contributed by atoms with Crippen LogP contribution in [0.25, 0.3) is 11.1 Å². The van der Waals surface area contributed by atoms with E-state index < -0.39 is 5.38 Å². The normalized spacial score (nSPS) is 12.0. The number of carbonyl (C=O) groups excluding carboxylic acids is 1. The quantitative estimate of drug-likeness (QED) is 0.605. The zero-order valence-electron chi connectivity index (χ0n) is 12.3. The summed E-state index contributed by atoms with van der Waals surface area (Å²) >= 11 is 6.05. The lowest BCUT2D eigenvalue weighted by molar-refractivity contribution is -0.142. The molecule has 1 atom stereocenters. The van der Waals surface area contributed by atoms with Gasteiger partial charge in [-0.2, -0.15) is 0 Å². The topological polar surface area (TPSA) is 26.3 Å². The molecule has 2 rings (SSSR count). The minimum atomic E-state index is -0.630. The minimum absolute atomic E-state index is 0.355. The molecule has 0 fully saturated rings. The Balaban J connectivity index is 2.09. The fourth-order valence-corrected chi connectivity index (χ4v) is 2.48. The molecule has 0 bridgehead atoms. The highest BCUT2D eigenvalue weighted by Crippen LogP contribution is 2.24. The summed E-state index contributed by atoms with van der Waals surface area (Å²) in [6.07, 6.45) is 0.481. The number of halogens is 1. The van der Waals surface area contributed by atoms with Gasteiger partial charge >= 0.3 is 5.97 Å². The third-order valence-electron chi connectivity index (χ3n) is 3.37. The molecule has 0 amide bonds. The number of ether oxygens (including phenoxy) is 1. The van der Waals surface area contributed by atoms with E-state index in [2.05, 4.69) is 31.2 Å². The monoisotopic (exact) mass is 302 g/mol. The number of hydrogen-bond donors (Lipinski definition) is 0. The molecule has 3 heteroatoms. The molecule has 21 heavy (non-hydrogen) atoms. The molecule has 0 saturated heterocycles. The van der Waals surface area contributed by atoms with Gasteiger partial charge in [0.25, 0.3) is 0 Å². The molecule has 0 radical (unpaired) electrons. The fraction of sp³-hybridized carbons (Fsp3) is 0.278. The van der Waals surface area contributed by atoms with Crippen LogP contribution in [0.2, 0.25) is 0 Å². The van der Waals surface area contributed by atoms with Crippen molar-refractivity contribution < 1.29 is 9.53 Å². The molecule has 0 heterocycles. The summed E-state index contributed by atoms with van der Waals surface area (Å²) in [5, 5.41) is -0.630. The van der Waals surface area contributed by atoms with E-state index in [-0.39, 0.29) is 5.97 Å². The van der Waals surface area contributed by atoms with Crippen LogP contribution in [-0.4, -0.2) is 18.0 Å². The molecule has 2 aromatic carbocycles. The van der Waals surface area contributed by atoms with Crippen LogP contribution in [0.3, 0.4) is 0 Å². The average molecular weight is 303 g/mol. The first-order valence-electron chi connectivity index (χ1n) is 7.07. The Bertz CT molecular complexity index is 605. The standard InChI is InChI=1S/C18H19ClO2/c1-3-21-18(20)17(19)12-14-8-10-15(11-9-14)16-7-5-4-6-13(16)2/h4-11,17H,3,12H2,1-2H3. The maximum atomic E-state index is 11.5. The van der Waals surface area contributed by atoms with E-state index in [9.17, 15) is 4.79 Å². The van der Waals surface area contributed by atoms with Crippen LogP contribution in [0.15, 0.2) is 48.5 Å². The van der Waals surface area contributed by atoms with Crippen molar-refractivity contribution in [3.8, 4) is 11.1 Å². The molecule has 2 nitrogen and oxygen atoms in total. The lowest BCUT2D eigenvalue weighted by Crippen LogP contribution is -2.20. The fourth-order valence-electron chi connectivity index (χ4n) is 2.24. The highest BCUT2D eigenvalue weighted by Gasteiger charge is 2.16. The highest BCUT2D eigenvalue weighted by atomic mass is 35.5. The number of carbonyl (C=O) groups is 1. The number of rotatable bonds is 5. The Hall–Kier alpha value is -1.80. The van der Waals surface area contributed by atoms with Gasteiger partial charge in [0.05, 0.1) is 6.61 Å². The lowest BCUT2D eigenvalue weighted by Gasteiger charge is -2.10. The van der Waals surface area contributed by atoms with Crippen molar-refractivity contribution in [2.24, 2.45) is 0 Å². The van der Waals surface area contributed by atoms with Crippen molar-refractivity contribution in [3.63, 3.8) is 0 Å². The van der Waals surface area contributed by atoms with E-state index in [1.165, 1.54) is 16.7 Å². The van der Waals surface area contributed by atoms with E-state index in [4.69, 9.17) is 16.3 Å². The van der Waals surface area contributed by atoms with Crippen molar-refractivity contribution >= 4 is 17.6 Å². The zero-order valence-corrected chi connectivity index (χ0v) is 13.1. The molecule has 0 aliphatic carbocycles. The van der Waals surface area contributed by atoms with Crippen molar-refractivity contribution in [1.82, 2.24) is 0 Å². The molecule has 110 valence electrons. The first kappa shape index (κ1) is 15.6. The molecular formula is C18H19ClO2. The SMILES string of the molecule is CCOC(=O)C(Cl)Cc1ccc(-c2ccccc2C)cc1. The van der Waals surface area contributed by atoms with Crippen LogP contribution >= 0.6 is 11.6 Å². The Morgan fingerprint density at radius 2 is 1.81 bits per heavy atom. The third kappa shape index (κ3) is 4.08. The van der Waals surface area contributed by atoms with Gasteiger partial charge in [0.2, 0.25) is 0 Å². The van der Waals surface area contributed by atoms with Gasteiger partial charge in [-0.15, -0.1) is 11.6 Å². The largest absolute Gasteiger partial charge is 0.465 e. The minimum Gasteiger partial charge on any atom is -0.465 e. The summed E-state index contributed by atoms with van der Waals surface area (Å²) < 4.78 is 4.91. The van der Waals surface area contributed by atoms with E-state index in [0.717, 1.165) is 5.56 Å². The van der Waals surface area contributed by atoms with Gasteiger partial charge in [-0.3, -0.25) is 4.79 Å². The summed E-state index contributed by atoms with van der Waals surface area (Å²) in [6, 6.07) is 16.4. The third-order valence-corrected chi connectivity index (χ3v) is 3.70. The van der Waals surface area contributed by atoms with Crippen LogP contribution in [0, 0.1) is 6.92 Å². The molecular weight excluding hydrogens is 284 g/mol. The smallest absolute Gasteiger partial charge is 0.324 e. The molecule has 0 spiro atoms. The van der Waals surface area contributed by atoms with Gasteiger partial charge in [-0.05, 0) is 42.5 Å². The highest BCUT2D eigenvalue weighted by molar-refractivity contribution is 6.30. The summed E-state index contributed by atoms with van der Waals surface area (Å²) in [5.41, 5.74) is 4.66. The van der Waals surface area contributed by atoms with Crippen LogP contribution in [0.5, 0.6) is 0 Å². The van der Waals surface area contributed by atoms with Crippen LogP contribution < -0.4 is 0 Å². The van der Waals surface area contributed by atoms with Crippen molar-refractivity contribution in [1.29, 1.82) is 0 Å². The number of hydrogen-bond acceptors (Lipinski definition) is 2. The van der Waals surface area contributed by atoms with Crippen LogP contribution in [0.4, 0.5) is 0 Å². The van der Waals surface area contributed by atoms with E-state index in [0.29, 0.717) is 13.0 Å². The molecule has 1 unspecified atom stereocenters. The van der Waals surface area contributed by atoms with Crippen LogP contribution in [-0.2, 0) is 16.0 Å². The zero-order chi connectivity index (χ0) is 15.2. The Labute approximate surface area is 130 Å². The number of esters is 1. The van der Waals surface area contributed by atoms with Crippen molar-refractivity contribution in [2.45, 2.75) is 25.6 Å². The van der Waals surface area contributed by atoms with Gasteiger partial charge in [-0.25, -0.2) is 0 Å². The first-order chi connectivity index (χ1) is 10.1. The van der Waals surface area contributed by atoms with Gasteiger partial charge in [0, 0.05) is 0 Å².